The molecule has 0 aliphatic rings. The summed E-state index contributed by atoms with van der Waals surface area (Å²) in [5.41, 5.74) is 0.863. The van der Waals surface area contributed by atoms with Crippen LogP contribution in [0, 0.1) is 6.92 Å². The van der Waals surface area contributed by atoms with Crippen molar-refractivity contribution in [3.8, 4) is 0 Å². The van der Waals surface area contributed by atoms with Gasteiger partial charge in [0, 0.05) is 10.5 Å². The highest BCUT2D eigenvalue weighted by molar-refractivity contribution is 9.10. The number of amides is 2. The van der Waals surface area contributed by atoms with Crippen LogP contribution in [0.3, 0.4) is 0 Å². The lowest BCUT2D eigenvalue weighted by molar-refractivity contribution is -0.123. The number of anilines is 1. The Kier molecular flexibility index (Phi) is 5.10. The van der Waals surface area contributed by atoms with Gasteiger partial charge in [0.25, 0.3) is 0 Å². The van der Waals surface area contributed by atoms with Crippen LogP contribution in [0.15, 0.2) is 39.3 Å². The van der Waals surface area contributed by atoms with E-state index in [0.717, 1.165) is 10.0 Å². The summed E-state index contributed by atoms with van der Waals surface area (Å²) in [6.45, 7) is 1.61. The minimum Gasteiger partial charge on any atom is -0.360 e. The third kappa shape index (κ3) is 4.71. The van der Waals surface area contributed by atoms with E-state index in [1.807, 2.05) is 24.3 Å². The Hall–Kier alpha value is -2.15. The van der Waals surface area contributed by atoms with Crippen molar-refractivity contribution in [3.63, 3.8) is 0 Å². The lowest BCUT2D eigenvalue weighted by Gasteiger charge is -2.06. The summed E-state index contributed by atoms with van der Waals surface area (Å²) >= 11 is 3.37. The van der Waals surface area contributed by atoms with Gasteiger partial charge in [0.2, 0.25) is 11.8 Å². The first-order valence-electron chi connectivity index (χ1n) is 6.28. The van der Waals surface area contributed by atoms with Crippen molar-refractivity contribution in [2.45, 2.75) is 13.3 Å². The summed E-state index contributed by atoms with van der Waals surface area (Å²) in [7, 11) is 0. The molecule has 0 atom stereocenters. The minimum atomic E-state index is -0.358. The summed E-state index contributed by atoms with van der Waals surface area (Å²) in [5.74, 6) is 0.345. The number of benzene rings is 1. The van der Waals surface area contributed by atoms with E-state index in [1.54, 1.807) is 13.0 Å². The Bertz CT molecular complexity index is 654. The Morgan fingerprint density at radius 3 is 2.71 bits per heavy atom. The quantitative estimate of drug-likeness (QED) is 0.863. The van der Waals surface area contributed by atoms with Gasteiger partial charge in [-0.15, -0.1) is 0 Å². The number of aryl methyl sites for hydroxylation is 1. The molecule has 0 bridgehead atoms. The molecule has 7 heteroatoms. The zero-order valence-electron chi connectivity index (χ0n) is 11.4. The van der Waals surface area contributed by atoms with Crippen LogP contribution >= 0.6 is 15.9 Å². The number of hydrogen-bond donors (Lipinski definition) is 2. The third-order valence-corrected chi connectivity index (χ3v) is 3.42. The lowest BCUT2D eigenvalue weighted by Crippen LogP contribution is -2.33. The molecule has 0 spiro atoms. The molecule has 0 saturated heterocycles. The summed E-state index contributed by atoms with van der Waals surface area (Å²) < 4.78 is 5.69. The number of carbonyl (C=O) groups excluding carboxylic acids is 2. The summed E-state index contributed by atoms with van der Waals surface area (Å²) in [4.78, 5) is 23.4. The Morgan fingerprint density at radius 1 is 1.29 bits per heavy atom. The fourth-order valence-corrected chi connectivity index (χ4v) is 2.09. The number of rotatable bonds is 5. The average molecular weight is 352 g/mol. The Balaban J connectivity index is 1.78. The average Bonchev–Trinajstić information content (AvgIpc) is 2.84. The van der Waals surface area contributed by atoms with Gasteiger partial charge in [-0.05, 0) is 18.6 Å². The van der Waals surface area contributed by atoms with Gasteiger partial charge in [-0.25, -0.2) is 0 Å². The van der Waals surface area contributed by atoms with Crippen LogP contribution in [0.4, 0.5) is 5.82 Å². The molecule has 0 aliphatic heterocycles. The molecular weight excluding hydrogens is 338 g/mol. The molecule has 6 nitrogen and oxygen atoms in total. The van der Waals surface area contributed by atoms with Gasteiger partial charge in [0.1, 0.15) is 5.76 Å². The van der Waals surface area contributed by atoms with E-state index in [1.165, 1.54) is 0 Å². The number of aromatic nitrogens is 1. The first-order valence-corrected chi connectivity index (χ1v) is 7.07. The van der Waals surface area contributed by atoms with E-state index in [9.17, 15) is 9.59 Å². The minimum absolute atomic E-state index is 0.116. The first-order chi connectivity index (χ1) is 10.0. The van der Waals surface area contributed by atoms with E-state index in [-0.39, 0.29) is 24.8 Å². The van der Waals surface area contributed by atoms with Gasteiger partial charge in [-0.1, -0.05) is 39.3 Å². The molecule has 2 N–H and O–H groups in total. The van der Waals surface area contributed by atoms with Crippen molar-refractivity contribution < 1.29 is 14.1 Å². The topological polar surface area (TPSA) is 84.2 Å². The second-order valence-electron chi connectivity index (χ2n) is 4.42. The van der Waals surface area contributed by atoms with E-state index in [4.69, 9.17) is 4.52 Å². The van der Waals surface area contributed by atoms with Gasteiger partial charge in [-0.3, -0.25) is 9.59 Å². The molecule has 1 aromatic carbocycles. The Labute approximate surface area is 130 Å². The van der Waals surface area contributed by atoms with E-state index >= 15 is 0 Å². The molecular formula is C14H14BrN3O3. The number of halogens is 1. The van der Waals surface area contributed by atoms with Gasteiger partial charge in [0.15, 0.2) is 5.82 Å². The molecule has 1 heterocycles. The number of nitrogens with zero attached hydrogens (tertiary/aromatic N) is 1. The SMILES string of the molecule is Cc1cc(NC(=O)CNC(=O)Cc2ccccc2Br)no1. The molecule has 2 rings (SSSR count). The van der Waals surface area contributed by atoms with E-state index in [0.29, 0.717) is 11.6 Å². The number of hydrogen-bond acceptors (Lipinski definition) is 4. The highest BCUT2D eigenvalue weighted by Gasteiger charge is 2.10. The molecule has 0 radical (unpaired) electrons. The third-order valence-electron chi connectivity index (χ3n) is 2.65. The van der Waals surface area contributed by atoms with Crippen LogP contribution in [0.5, 0.6) is 0 Å². The molecule has 21 heavy (non-hydrogen) atoms. The predicted molar refractivity (Wildman–Crippen MR) is 80.7 cm³/mol. The fourth-order valence-electron chi connectivity index (χ4n) is 1.67. The van der Waals surface area contributed by atoms with Crippen molar-refractivity contribution in [1.29, 1.82) is 0 Å². The van der Waals surface area contributed by atoms with Crippen molar-refractivity contribution in [2.24, 2.45) is 0 Å². The smallest absolute Gasteiger partial charge is 0.245 e. The van der Waals surface area contributed by atoms with Gasteiger partial charge in [-0.2, -0.15) is 0 Å². The molecule has 1 aromatic heterocycles. The van der Waals surface area contributed by atoms with Gasteiger partial charge >= 0.3 is 0 Å². The van der Waals surface area contributed by atoms with E-state index < -0.39 is 0 Å². The molecule has 0 aliphatic carbocycles. The summed E-state index contributed by atoms with van der Waals surface area (Å²) in [6, 6.07) is 9.04. The Morgan fingerprint density at radius 2 is 2.05 bits per heavy atom. The zero-order chi connectivity index (χ0) is 15.2. The highest BCUT2D eigenvalue weighted by atomic mass is 79.9. The molecule has 0 saturated carbocycles. The maximum Gasteiger partial charge on any atom is 0.245 e. The molecule has 2 aromatic rings. The summed E-state index contributed by atoms with van der Waals surface area (Å²) in [6.07, 6.45) is 0.206. The predicted octanol–water partition coefficient (Wildman–Crippen LogP) is 2.04. The molecule has 2 amide bonds. The molecule has 110 valence electrons. The highest BCUT2D eigenvalue weighted by Crippen LogP contribution is 2.16. The van der Waals surface area contributed by atoms with Gasteiger partial charge in [0.05, 0.1) is 13.0 Å². The molecule has 0 unspecified atom stereocenters. The van der Waals surface area contributed by atoms with Crippen molar-refractivity contribution >= 4 is 33.6 Å². The summed E-state index contributed by atoms with van der Waals surface area (Å²) in [5, 5.41) is 8.72. The first kappa shape index (κ1) is 15.2. The zero-order valence-corrected chi connectivity index (χ0v) is 12.9. The largest absolute Gasteiger partial charge is 0.360 e. The van der Waals surface area contributed by atoms with Crippen LogP contribution < -0.4 is 10.6 Å². The van der Waals surface area contributed by atoms with Gasteiger partial charge < -0.3 is 15.2 Å². The standard InChI is InChI=1S/C14H14BrN3O3/c1-9-6-12(18-21-9)17-14(20)8-16-13(19)7-10-4-2-3-5-11(10)15/h2-6H,7-8H2,1H3,(H,16,19)(H,17,18,20). The second kappa shape index (κ2) is 7.03. The maximum atomic E-state index is 11.8. The number of nitrogens with one attached hydrogen (secondary N) is 2. The van der Waals surface area contributed by atoms with Crippen molar-refractivity contribution in [1.82, 2.24) is 10.5 Å². The normalized spacial score (nSPS) is 10.2. The second-order valence-corrected chi connectivity index (χ2v) is 5.27. The van der Waals surface area contributed by atoms with E-state index in [2.05, 4.69) is 31.7 Å². The van der Waals surface area contributed by atoms with Crippen molar-refractivity contribution in [2.75, 3.05) is 11.9 Å². The lowest BCUT2D eigenvalue weighted by atomic mass is 10.1. The fraction of sp³-hybridized carbons (Fsp3) is 0.214. The van der Waals surface area contributed by atoms with Crippen LogP contribution in [0.2, 0.25) is 0 Å². The van der Waals surface area contributed by atoms with Crippen LogP contribution in [0.1, 0.15) is 11.3 Å². The van der Waals surface area contributed by atoms with Crippen molar-refractivity contribution in [3.05, 3.63) is 46.1 Å². The monoisotopic (exact) mass is 351 g/mol. The van der Waals surface area contributed by atoms with Crippen LogP contribution in [-0.4, -0.2) is 23.5 Å². The van der Waals surface area contributed by atoms with Crippen LogP contribution in [0.25, 0.3) is 0 Å². The van der Waals surface area contributed by atoms with Crippen LogP contribution in [-0.2, 0) is 16.0 Å². The maximum absolute atomic E-state index is 11.8. The molecule has 0 fully saturated rings. The number of carbonyl (C=O) groups is 2.